The second-order valence-corrected chi connectivity index (χ2v) is 10.3. The van der Waals surface area contributed by atoms with Gasteiger partial charge in [0, 0.05) is 25.2 Å². The molecule has 0 amide bonds. The molecule has 192 valence electrons. The zero-order valence-corrected chi connectivity index (χ0v) is 22.0. The summed E-state index contributed by atoms with van der Waals surface area (Å²) in [5, 5.41) is 14.6. The van der Waals surface area contributed by atoms with Crippen LogP contribution in [0.2, 0.25) is 10.0 Å². The highest BCUT2D eigenvalue weighted by atomic mass is 35.5. The highest BCUT2D eigenvalue weighted by Gasteiger charge is 2.46. The third-order valence-electron chi connectivity index (χ3n) is 6.80. The highest BCUT2D eigenvalue weighted by Crippen LogP contribution is 2.43. The van der Waals surface area contributed by atoms with Crippen molar-refractivity contribution in [3.8, 4) is 5.88 Å². The van der Waals surface area contributed by atoms with Crippen LogP contribution in [0.5, 0.6) is 5.88 Å². The molecule has 0 saturated heterocycles. The molecule has 2 aromatic carbocycles. The van der Waals surface area contributed by atoms with Crippen molar-refractivity contribution in [1.29, 1.82) is 0 Å². The van der Waals surface area contributed by atoms with Gasteiger partial charge in [-0.25, -0.2) is 9.78 Å². The number of hydrogen-bond acceptors (Lipinski definition) is 6. The maximum atomic E-state index is 11.1. The van der Waals surface area contributed by atoms with E-state index in [1.54, 1.807) is 24.3 Å². The summed E-state index contributed by atoms with van der Waals surface area (Å²) in [6.07, 6.45) is 2.15. The number of pyridine rings is 1. The summed E-state index contributed by atoms with van der Waals surface area (Å²) in [5.74, 6) is -0.0717. The molecular formula is C28H27Cl2N3O4. The van der Waals surface area contributed by atoms with Gasteiger partial charge >= 0.3 is 5.97 Å². The minimum Gasteiger partial charge on any atom is -0.478 e. The van der Waals surface area contributed by atoms with Gasteiger partial charge in [0.05, 0.1) is 32.9 Å². The standard InChI is InChI=1S/C28H27Cl2N3O4/c1-16-23(33(2)14-17-6-8-19(9-7-17)28(34)35)12-13-24(31-16)36-15-20-26(32-37-27(20)18-10-11-18)25-21(29)4-3-5-22(25)30/h3-9,12-13,18,20,27H,10-11,14-15H2,1-2H3,(H,34,35). The number of nitrogens with zero attached hydrogens (tertiary/aromatic N) is 3. The van der Waals surface area contributed by atoms with Crippen LogP contribution in [0.1, 0.15) is 40.0 Å². The lowest BCUT2D eigenvalue weighted by Gasteiger charge is -2.22. The van der Waals surface area contributed by atoms with E-state index in [1.165, 1.54) is 0 Å². The maximum Gasteiger partial charge on any atom is 0.335 e. The molecule has 2 atom stereocenters. The van der Waals surface area contributed by atoms with E-state index in [0.717, 1.165) is 35.5 Å². The minimum atomic E-state index is -0.934. The van der Waals surface area contributed by atoms with Gasteiger partial charge in [0.1, 0.15) is 18.4 Å². The van der Waals surface area contributed by atoms with E-state index in [2.05, 4.69) is 15.0 Å². The average molecular weight is 540 g/mol. The fourth-order valence-electron chi connectivity index (χ4n) is 4.70. The molecule has 1 fully saturated rings. The molecule has 2 unspecified atom stereocenters. The summed E-state index contributed by atoms with van der Waals surface area (Å²) in [5.41, 5.74) is 4.47. The number of aromatic carboxylic acids is 1. The molecule has 0 radical (unpaired) electrons. The number of carboxylic acid groups (broad SMARTS) is 1. The first-order valence-corrected chi connectivity index (χ1v) is 12.9. The number of hydrogen-bond donors (Lipinski definition) is 1. The maximum absolute atomic E-state index is 11.1. The van der Waals surface area contributed by atoms with E-state index < -0.39 is 5.97 Å². The van der Waals surface area contributed by atoms with Crippen molar-refractivity contribution in [3.63, 3.8) is 0 Å². The zero-order chi connectivity index (χ0) is 26.1. The molecule has 37 heavy (non-hydrogen) atoms. The van der Waals surface area contributed by atoms with Crippen LogP contribution in [0.25, 0.3) is 0 Å². The summed E-state index contributed by atoms with van der Waals surface area (Å²) in [6, 6.07) is 16.1. The lowest BCUT2D eigenvalue weighted by Crippen LogP contribution is -2.31. The number of aryl methyl sites for hydroxylation is 1. The number of anilines is 1. The third kappa shape index (κ3) is 5.53. The van der Waals surface area contributed by atoms with Gasteiger partial charge < -0.3 is 19.6 Å². The summed E-state index contributed by atoms with van der Waals surface area (Å²) in [6.45, 7) is 2.90. The Kier molecular flexibility index (Phi) is 7.26. The molecule has 1 aliphatic heterocycles. The van der Waals surface area contributed by atoms with Crippen LogP contribution >= 0.6 is 23.2 Å². The Balaban J connectivity index is 1.28. The summed E-state index contributed by atoms with van der Waals surface area (Å²) in [4.78, 5) is 23.7. The number of oxime groups is 1. The minimum absolute atomic E-state index is 0.0682. The zero-order valence-electron chi connectivity index (χ0n) is 20.5. The first-order chi connectivity index (χ1) is 17.8. The van der Waals surface area contributed by atoms with Crippen LogP contribution < -0.4 is 9.64 Å². The number of carboxylic acids is 1. The SMILES string of the molecule is Cc1nc(OCC2C(c3c(Cl)cccc3Cl)=NOC2C2CC2)ccc1N(C)Cc1ccc(C(=O)O)cc1. The van der Waals surface area contributed by atoms with Crippen molar-refractivity contribution in [2.75, 3.05) is 18.6 Å². The Hall–Kier alpha value is -3.29. The second kappa shape index (κ2) is 10.6. The van der Waals surface area contributed by atoms with Crippen molar-refractivity contribution >= 4 is 40.6 Å². The van der Waals surface area contributed by atoms with E-state index in [-0.39, 0.29) is 17.6 Å². The topological polar surface area (TPSA) is 84.3 Å². The van der Waals surface area contributed by atoms with Gasteiger partial charge in [0.15, 0.2) is 0 Å². The number of rotatable bonds is 9. The quantitative estimate of drug-likeness (QED) is 0.346. The fourth-order valence-corrected chi connectivity index (χ4v) is 5.29. The number of halogens is 2. The second-order valence-electron chi connectivity index (χ2n) is 9.51. The van der Waals surface area contributed by atoms with Crippen molar-refractivity contribution in [3.05, 3.63) is 87.0 Å². The van der Waals surface area contributed by atoms with Crippen LogP contribution in [-0.2, 0) is 11.4 Å². The number of carbonyl (C=O) groups is 1. The average Bonchev–Trinajstić information content (AvgIpc) is 3.63. The van der Waals surface area contributed by atoms with Crippen LogP contribution in [-0.4, -0.2) is 41.5 Å². The van der Waals surface area contributed by atoms with Gasteiger partial charge in [0.2, 0.25) is 5.88 Å². The van der Waals surface area contributed by atoms with Gasteiger partial charge in [-0.3, -0.25) is 0 Å². The Morgan fingerprint density at radius 2 is 1.81 bits per heavy atom. The van der Waals surface area contributed by atoms with E-state index >= 15 is 0 Å². The van der Waals surface area contributed by atoms with Gasteiger partial charge in [-0.15, -0.1) is 0 Å². The Bertz CT molecular complexity index is 1320. The first kappa shape index (κ1) is 25.4. The smallest absolute Gasteiger partial charge is 0.335 e. The normalized spacial score (nSPS) is 18.8. The van der Waals surface area contributed by atoms with Gasteiger partial charge in [0.25, 0.3) is 0 Å². The largest absolute Gasteiger partial charge is 0.478 e. The van der Waals surface area contributed by atoms with Crippen LogP contribution in [0, 0.1) is 18.8 Å². The molecule has 7 nitrogen and oxygen atoms in total. The molecular weight excluding hydrogens is 513 g/mol. The predicted octanol–water partition coefficient (Wildman–Crippen LogP) is 6.24. The molecule has 5 rings (SSSR count). The van der Waals surface area contributed by atoms with E-state index in [9.17, 15) is 4.79 Å². The molecule has 1 aliphatic carbocycles. The molecule has 0 bridgehead atoms. The first-order valence-electron chi connectivity index (χ1n) is 12.1. The molecule has 1 aromatic heterocycles. The summed E-state index contributed by atoms with van der Waals surface area (Å²) in [7, 11) is 1.97. The lowest BCUT2D eigenvalue weighted by molar-refractivity contribution is 0.0335. The molecule has 1 saturated carbocycles. The molecule has 1 N–H and O–H groups in total. The van der Waals surface area contributed by atoms with Crippen molar-refractivity contribution in [2.24, 2.45) is 17.0 Å². The summed E-state index contributed by atoms with van der Waals surface area (Å²) < 4.78 is 6.17. The van der Waals surface area contributed by atoms with E-state index in [1.807, 2.05) is 44.3 Å². The molecule has 0 spiro atoms. The molecule has 3 aromatic rings. The number of benzene rings is 2. The van der Waals surface area contributed by atoms with Gasteiger partial charge in [-0.2, -0.15) is 0 Å². The van der Waals surface area contributed by atoms with Crippen LogP contribution in [0.3, 0.4) is 0 Å². The van der Waals surface area contributed by atoms with Crippen molar-refractivity contribution < 1.29 is 19.5 Å². The third-order valence-corrected chi connectivity index (χ3v) is 7.43. The van der Waals surface area contributed by atoms with Crippen LogP contribution in [0.4, 0.5) is 5.69 Å². The van der Waals surface area contributed by atoms with E-state index in [0.29, 0.717) is 40.6 Å². The monoisotopic (exact) mass is 539 g/mol. The van der Waals surface area contributed by atoms with Gasteiger partial charge in [-0.1, -0.05) is 46.6 Å². The number of aromatic nitrogens is 1. The Labute approximate surface area is 225 Å². The predicted molar refractivity (Wildman–Crippen MR) is 144 cm³/mol. The Morgan fingerprint density at radius 3 is 2.43 bits per heavy atom. The highest BCUT2D eigenvalue weighted by molar-refractivity contribution is 6.40. The molecule has 9 heteroatoms. The van der Waals surface area contributed by atoms with Gasteiger partial charge in [-0.05, 0) is 61.6 Å². The van der Waals surface area contributed by atoms with E-state index in [4.69, 9.17) is 37.9 Å². The molecule has 2 aliphatic rings. The lowest BCUT2D eigenvalue weighted by atomic mass is 9.90. The number of ether oxygens (including phenoxy) is 1. The van der Waals surface area contributed by atoms with Crippen molar-refractivity contribution in [1.82, 2.24) is 4.98 Å². The fraction of sp³-hybridized carbons (Fsp3) is 0.321. The summed E-state index contributed by atoms with van der Waals surface area (Å²) >= 11 is 13.0. The van der Waals surface area contributed by atoms with Crippen LogP contribution in [0.15, 0.2) is 59.8 Å². The van der Waals surface area contributed by atoms with Crippen molar-refractivity contribution in [2.45, 2.75) is 32.4 Å². The Morgan fingerprint density at radius 1 is 1.11 bits per heavy atom. The molecule has 2 heterocycles.